The first-order chi connectivity index (χ1) is 13.2. The minimum Gasteiger partial charge on any atom is -0.456 e. The summed E-state index contributed by atoms with van der Waals surface area (Å²) in [6, 6.07) is -1.67. The normalized spacial score (nSPS) is 29.9. The molecular weight excluding hydrogens is 360 g/mol. The van der Waals surface area contributed by atoms with Gasteiger partial charge in [-0.05, 0) is 24.8 Å². The molecule has 7 heteroatoms. The number of hydrogen-bond donors (Lipinski definition) is 2. The van der Waals surface area contributed by atoms with E-state index < -0.39 is 41.9 Å². The van der Waals surface area contributed by atoms with E-state index >= 15 is 0 Å². The van der Waals surface area contributed by atoms with Gasteiger partial charge in [-0.25, -0.2) is 4.79 Å². The number of esters is 1. The Labute approximate surface area is 167 Å². The largest absolute Gasteiger partial charge is 0.456 e. The second-order valence-corrected chi connectivity index (χ2v) is 7.66. The average molecular weight is 395 g/mol. The van der Waals surface area contributed by atoms with Gasteiger partial charge in [-0.2, -0.15) is 0 Å². The Bertz CT molecular complexity index is 616. The van der Waals surface area contributed by atoms with E-state index in [0.29, 0.717) is 12.8 Å². The Balaban J connectivity index is 3.32. The molecule has 0 unspecified atom stereocenters. The van der Waals surface area contributed by atoms with E-state index in [2.05, 4.69) is 10.6 Å². The molecule has 0 spiro atoms. The SMILES string of the molecule is C/C=C/[C@@H]1OC(=O)[C@@H]([C@@H](C)CC)NC(=O)[C@H]([C@@H](C)CC)NC(=O)CC(=O)[C@@H]1C. The van der Waals surface area contributed by atoms with Gasteiger partial charge in [-0.1, -0.05) is 53.5 Å². The zero-order valence-corrected chi connectivity index (χ0v) is 17.8. The number of hydrogen-bond acceptors (Lipinski definition) is 5. The van der Waals surface area contributed by atoms with E-state index in [-0.39, 0.29) is 24.0 Å². The molecule has 1 saturated heterocycles. The first-order valence-electron chi connectivity index (χ1n) is 10.1. The molecule has 1 heterocycles. The van der Waals surface area contributed by atoms with Crippen LogP contribution in [0.5, 0.6) is 0 Å². The van der Waals surface area contributed by atoms with Crippen LogP contribution in [0.2, 0.25) is 0 Å². The number of allylic oxidation sites excluding steroid dienone is 1. The lowest BCUT2D eigenvalue weighted by atomic mass is 9.93. The molecule has 1 aliphatic rings. The van der Waals surface area contributed by atoms with E-state index in [1.807, 2.05) is 27.7 Å². The second-order valence-electron chi connectivity index (χ2n) is 7.66. The Kier molecular flexibility index (Phi) is 9.35. The summed E-state index contributed by atoms with van der Waals surface area (Å²) in [7, 11) is 0. The first kappa shape index (κ1) is 23.9. The molecule has 7 nitrogen and oxygen atoms in total. The number of amides is 2. The van der Waals surface area contributed by atoms with Crippen LogP contribution in [0, 0.1) is 17.8 Å². The van der Waals surface area contributed by atoms with Gasteiger partial charge in [0.25, 0.3) is 0 Å². The van der Waals surface area contributed by atoms with Crippen LogP contribution >= 0.6 is 0 Å². The van der Waals surface area contributed by atoms with Crippen molar-refractivity contribution in [3.05, 3.63) is 12.2 Å². The lowest BCUT2D eigenvalue weighted by Gasteiger charge is -2.31. The van der Waals surface area contributed by atoms with E-state index in [9.17, 15) is 19.2 Å². The Morgan fingerprint density at radius 2 is 1.61 bits per heavy atom. The molecule has 1 rings (SSSR count). The summed E-state index contributed by atoms with van der Waals surface area (Å²) in [5, 5.41) is 5.46. The monoisotopic (exact) mass is 394 g/mol. The van der Waals surface area contributed by atoms with Gasteiger partial charge < -0.3 is 15.4 Å². The number of rotatable bonds is 5. The number of nitrogens with one attached hydrogen (secondary N) is 2. The fraction of sp³-hybridized carbons (Fsp3) is 0.714. The minimum atomic E-state index is -0.851. The zero-order chi connectivity index (χ0) is 21.4. The molecule has 0 aromatic heterocycles. The van der Waals surface area contributed by atoms with Gasteiger partial charge in [-0.15, -0.1) is 0 Å². The van der Waals surface area contributed by atoms with Crippen molar-refractivity contribution in [2.24, 2.45) is 17.8 Å². The van der Waals surface area contributed by atoms with Crippen LogP contribution in [0.25, 0.3) is 0 Å². The molecule has 28 heavy (non-hydrogen) atoms. The third kappa shape index (κ3) is 6.17. The molecule has 6 atom stereocenters. The lowest BCUT2D eigenvalue weighted by Crippen LogP contribution is -2.57. The van der Waals surface area contributed by atoms with Gasteiger partial charge in [0, 0.05) is 0 Å². The number of carbonyl (C=O) groups excluding carboxylic acids is 4. The van der Waals surface area contributed by atoms with Crippen molar-refractivity contribution in [3.63, 3.8) is 0 Å². The summed E-state index contributed by atoms with van der Waals surface area (Å²) < 4.78 is 5.59. The highest BCUT2D eigenvalue weighted by molar-refractivity contribution is 6.01. The number of cyclic esters (lactones) is 1. The lowest BCUT2D eigenvalue weighted by molar-refractivity contribution is -0.156. The molecule has 0 aromatic rings. The van der Waals surface area contributed by atoms with Gasteiger partial charge in [-0.3, -0.25) is 14.4 Å². The standard InChI is InChI=1S/C21H34N2O5/c1-7-10-16-14(6)15(24)11-17(25)22-18(12(4)8-2)20(26)23-19(13(5)9-3)21(27)28-16/h7,10,12-14,16,18-19H,8-9,11H2,1-6H3,(H,22,25)(H,23,26)/b10-7+/t12-,13-,14-,16-,18-,19+/m0/s1. The third-order valence-electron chi connectivity index (χ3n) is 5.55. The van der Waals surface area contributed by atoms with Gasteiger partial charge in [0.05, 0.1) is 12.3 Å². The van der Waals surface area contributed by atoms with Crippen molar-refractivity contribution in [1.82, 2.24) is 10.6 Å². The van der Waals surface area contributed by atoms with Crippen LogP contribution in [0.1, 0.15) is 60.8 Å². The molecule has 0 aromatic carbocycles. The maximum atomic E-state index is 12.9. The highest BCUT2D eigenvalue weighted by atomic mass is 16.5. The quantitative estimate of drug-likeness (QED) is 0.423. The molecule has 0 aliphatic carbocycles. The predicted octanol–water partition coefficient (Wildman–Crippen LogP) is 2.14. The summed E-state index contributed by atoms with van der Waals surface area (Å²) >= 11 is 0. The van der Waals surface area contributed by atoms with E-state index in [4.69, 9.17) is 4.74 Å². The predicted molar refractivity (Wildman–Crippen MR) is 106 cm³/mol. The summed E-state index contributed by atoms with van der Waals surface area (Å²) in [4.78, 5) is 50.7. The Hall–Kier alpha value is -2.18. The van der Waals surface area contributed by atoms with Crippen LogP contribution in [-0.4, -0.2) is 41.8 Å². The van der Waals surface area contributed by atoms with Crippen LogP contribution in [0.3, 0.4) is 0 Å². The minimum absolute atomic E-state index is 0.149. The van der Waals surface area contributed by atoms with E-state index in [0.717, 1.165) is 0 Å². The van der Waals surface area contributed by atoms with Gasteiger partial charge in [0.1, 0.15) is 24.0 Å². The smallest absolute Gasteiger partial charge is 0.329 e. The van der Waals surface area contributed by atoms with Crippen molar-refractivity contribution < 1.29 is 23.9 Å². The van der Waals surface area contributed by atoms with Crippen molar-refractivity contribution in [1.29, 1.82) is 0 Å². The third-order valence-corrected chi connectivity index (χ3v) is 5.55. The highest BCUT2D eigenvalue weighted by Gasteiger charge is 2.36. The summed E-state index contributed by atoms with van der Waals surface area (Å²) in [5.74, 6) is -2.82. The van der Waals surface area contributed by atoms with Crippen molar-refractivity contribution in [2.75, 3.05) is 0 Å². The van der Waals surface area contributed by atoms with E-state index in [1.54, 1.807) is 26.0 Å². The number of Topliss-reactive ketones (excluding diaryl/α,β-unsaturated/α-hetero) is 1. The highest BCUT2D eigenvalue weighted by Crippen LogP contribution is 2.19. The van der Waals surface area contributed by atoms with Crippen LogP contribution in [0.4, 0.5) is 0 Å². The fourth-order valence-electron chi connectivity index (χ4n) is 3.05. The number of ether oxygens (including phenoxy) is 1. The first-order valence-corrected chi connectivity index (χ1v) is 10.1. The maximum absolute atomic E-state index is 12.9. The summed E-state index contributed by atoms with van der Waals surface area (Å²) in [5.41, 5.74) is 0. The van der Waals surface area contributed by atoms with Crippen molar-refractivity contribution >= 4 is 23.6 Å². The molecule has 1 aliphatic heterocycles. The molecule has 1 fully saturated rings. The molecule has 2 amide bonds. The van der Waals surface area contributed by atoms with Crippen LogP contribution < -0.4 is 10.6 Å². The van der Waals surface area contributed by atoms with Crippen molar-refractivity contribution in [3.8, 4) is 0 Å². The van der Waals surface area contributed by atoms with Gasteiger partial charge in [0.15, 0.2) is 0 Å². The zero-order valence-electron chi connectivity index (χ0n) is 17.8. The van der Waals surface area contributed by atoms with Crippen molar-refractivity contribution in [2.45, 2.75) is 79.0 Å². The summed E-state index contributed by atoms with van der Waals surface area (Å²) in [6.07, 6.45) is 3.49. The summed E-state index contributed by atoms with van der Waals surface area (Å²) in [6.45, 7) is 10.9. The van der Waals surface area contributed by atoms with Gasteiger partial charge in [0.2, 0.25) is 11.8 Å². The maximum Gasteiger partial charge on any atom is 0.329 e. The van der Waals surface area contributed by atoms with E-state index in [1.165, 1.54) is 0 Å². The molecule has 0 radical (unpaired) electrons. The van der Waals surface area contributed by atoms with Crippen LogP contribution in [-0.2, 0) is 23.9 Å². The molecular formula is C21H34N2O5. The van der Waals surface area contributed by atoms with Gasteiger partial charge >= 0.3 is 5.97 Å². The Morgan fingerprint density at radius 1 is 1.04 bits per heavy atom. The molecule has 158 valence electrons. The molecule has 0 bridgehead atoms. The molecule has 2 N–H and O–H groups in total. The number of ketones is 1. The second kappa shape index (κ2) is 11.0. The topological polar surface area (TPSA) is 102 Å². The Morgan fingerprint density at radius 3 is 2.14 bits per heavy atom. The number of carbonyl (C=O) groups is 4. The molecule has 0 saturated carbocycles. The van der Waals surface area contributed by atoms with Crippen LogP contribution in [0.15, 0.2) is 12.2 Å². The average Bonchev–Trinajstić information content (AvgIpc) is 2.66. The fourth-order valence-corrected chi connectivity index (χ4v) is 3.05.